The zero-order valence-electron chi connectivity index (χ0n) is 14.8. The molecule has 3 rings (SSSR count). The minimum Gasteiger partial charge on any atom is -0.359 e. The molecule has 2 aromatic heterocycles. The summed E-state index contributed by atoms with van der Waals surface area (Å²) < 4.78 is 1.97. The summed E-state index contributed by atoms with van der Waals surface area (Å²) in [5.74, 6) is 2.30. The fourth-order valence-corrected chi connectivity index (χ4v) is 3.22. The number of amides is 1. The Bertz CT molecular complexity index is 746. The number of carbonyl (C=O) groups excluding carboxylic acids is 1. The first-order valence-electron chi connectivity index (χ1n) is 8.66. The van der Waals surface area contributed by atoms with Crippen molar-refractivity contribution in [3.8, 4) is 0 Å². The third-order valence-electron chi connectivity index (χ3n) is 4.67. The van der Waals surface area contributed by atoms with Gasteiger partial charge in [-0.05, 0) is 30.9 Å². The molecule has 0 unspecified atom stereocenters. The largest absolute Gasteiger partial charge is 0.359 e. The molecular weight excluding hydrogens is 318 g/mol. The van der Waals surface area contributed by atoms with Crippen molar-refractivity contribution < 1.29 is 4.79 Å². The third-order valence-corrected chi connectivity index (χ3v) is 4.67. The molecule has 2 N–H and O–H groups in total. The monoisotopic (exact) mass is 343 g/mol. The van der Waals surface area contributed by atoms with Gasteiger partial charge in [0.15, 0.2) is 17.4 Å². The van der Waals surface area contributed by atoms with E-state index < -0.39 is 0 Å². The second kappa shape index (κ2) is 7.96. The minimum atomic E-state index is 0.125. The normalized spacial score (nSPS) is 16.2. The average molecular weight is 343 g/mol. The van der Waals surface area contributed by atoms with Gasteiger partial charge < -0.3 is 15.5 Å². The Hall–Kier alpha value is -2.64. The molecule has 0 saturated carbocycles. The number of aromatic nitrogens is 3. The van der Waals surface area contributed by atoms with Gasteiger partial charge in [-0.2, -0.15) is 0 Å². The molecule has 0 spiro atoms. The number of nitrogens with zero attached hydrogens (tertiary/aromatic N) is 5. The number of pyridine rings is 1. The van der Waals surface area contributed by atoms with Crippen LogP contribution in [0, 0.1) is 5.92 Å². The van der Waals surface area contributed by atoms with E-state index in [4.69, 9.17) is 0 Å². The van der Waals surface area contributed by atoms with Crippen LogP contribution >= 0.6 is 0 Å². The van der Waals surface area contributed by atoms with Gasteiger partial charge in [-0.1, -0.05) is 6.07 Å². The van der Waals surface area contributed by atoms with Crippen LogP contribution in [0.3, 0.4) is 0 Å². The lowest BCUT2D eigenvalue weighted by Gasteiger charge is -2.33. The molecule has 3 heterocycles. The molecule has 2 aromatic rings. The Morgan fingerprint density at radius 1 is 1.32 bits per heavy atom. The molecule has 0 atom stereocenters. The molecule has 0 bridgehead atoms. The van der Waals surface area contributed by atoms with Crippen LogP contribution in [0.25, 0.3) is 5.65 Å². The first-order chi connectivity index (χ1) is 12.2. The van der Waals surface area contributed by atoms with E-state index in [0.717, 1.165) is 43.4 Å². The lowest BCUT2D eigenvalue weighted by Crippen LogP contribution is -2.45. The van der Waals surface area contributed by atoms with Crippen molar-refractivity contribution in [1.82, 2.24) is 30.1 Å². The number of fused-ring (bicyclic) bond motifs is 1. The Morgan fingerprint density at radius 3 is 2.84 bits per heavy atom. The van der Waals surface area contributed by atoms with Gasteiger partial charge in [0, 0.05) is 39.8 Å². The summed E-state index contributed by atoms with van der Waals surface area (Å²) in [6, 6.07) is 5.84. The van der Waals surface area contributed by atoms with Gasteiger partial charge in [0.1, 0.15) is 0 Å². The zero-order chi connectivity index (χ0) is 17.6. The van der Waals surface area contributed by atoms with E-state index >= 15 is 0 Å². The molecule has 0 aliphatic carbocycles. The number of piperidine rings is 1. The molecule has 25 heavy (non-hydrogen) atoms. The number of rotatable bonds is 4. The maximum absolute atomic E-state index is 11.5. The second-order valence-electron chi connectivity index (χ2n) is 6.25. The van der Waals surface area contributed by atoms with E-state index in [1.165, 1.54) is 0 Å². The highest BCUT2D eigenvalue weighted by Crippen LogP contribution is 2.20. The first kappa shape index (κ1) is 17.2. The Balaban J connectivity index is 1.54. The average Bonchev–Trinajstić information content (AvgIpc) is 3.06. The number of guanidine groups is 1. The maximum atomic E-state index is 11.5. The SMILES string of the molecule is CN=C(NCc1nnc2ccccn12)N1CCC(CC(=O)NC)CC1. The summed E-state index contributed by atoms with van der Waals surface area (Å²) in [6.07, 6.45) is 4.57. The van der Waals surface area contributed by atoms with Crippen molar-refractivity contribution in [2.75, 3.05) is 27.2 Å². The van der Waals surface area contributed by atoms with Crippen molar-refractivity contribution in [2.45, 2.75) is 25.8 Å². The number of carbonyl (C=O) groups is 1. The topological polar surface area (TPSA) is 86.9 Å². The summed E-state index contributed by atoms with van der Waals surface area (Å²) in [4.78, 5) is 18.1. The zero-order valence-corrected chi connectivity index (χ0v) is 14.8. The van der Waals surface area contributed by atoms with Crippen LogP contribution in [-0.4, -0.2) is 58.5 Å². The van der Waals surface area contributed by atoms with Crippen LogP contribution in [0.15, 0.2) is 29.4 Å². The number of hydrogen-bond donors (Lipinski definition) is 2. The fourth-order valence-electron chi connectivity index (χ4n) is 3.22. The summed E-state index contributed by atoms with van der Waals surface area (Å²) in [5, 5.41) is 14.5. The molecule has 1 saturated heterocycles. The number of nitrogens with one attached hydrogen (secondary N) is 2. The Kier molecular flexibility index (Phi) is 5.47. The van der Waals surface area contributed by atoms with Crippen LogP contribution in [0.2, 0.25) is 0 Å². The van der Waals surface area contributed by atoms with Crippen LogP contribution in [0.4, 0.5) is 0 Å². The molecule has 1 fully saturated rings. The van der Waals surface area contributed by atoms with E-state index in [9.17, 15) is 4.79 Å². The van der Waals surface area contributed by atoms with Gasteiger partial charge in [0.2, 0.25) is 5.91 Å². The Labute approximate surface area is 147 Å². The van der Waals surface area contributed by atoms with Crippen LogP contribution in [-0.2, 0) is 11.3 Å². The molecule has 1 aliphatic rings. The number of likely N-dealkylation sites (tertiary alicyclic amines) is 1. The number of hydrogen-bond acceptors (Lipinski definition) is 4. The third kappa shape index (κ3) is 4.07. The van der Waals surface area contributed by atoms with Gasteiger partial charge in [0.05, 0.1) is 6.54 Å². The lowest BCUT2D eigenvalue weighted by molar-refractivity contribution is -0.121. The summed E-state index contributed by atoms with van der Waals surface area (Å²) in [5.41, 5.74) is 0.837. The van der Waals surface area contributed by atoms with E-state index in [0.29, 0.717) is 18.9 Å². The van der Waals surface area contributed by atoms with Crippen molar-refractivity contribution in [3.05, 3.63) is 30.2 Å². The second-order valence-corrected chi connectivity index (χ2v) is 6.25. The molecule has 134 valence electrons. The molecular formula is C17H25N7O. The van der Waals surface area contributed by atoms with Crippen molar-refractivity contribution in [2.24, 2.45) is 10.9 Å². The van der Waals surface area contributed by atoms with Gasteiger partial charge in [-0.15, -0.1) is 10.2 Å². The van der Waals surface area contributed by atoms with E-state index in [-0.39, 0.29) is 5.91 Å². The van der Waals surface area contributed by atoms with Gasteiger partial charge in [0.25, 0.3) is 0 Å². The predicted octanol–water partition coefficient (Wildman–Crippen LogP) is 0.653. The molecule has 1 aliphatic heterocycles. The van der Waals surface area contributed by atoms with E-state index in [2.05, 4.69) is 30.7 Å². The van der Waals surface area contributed by atoms with Gasteiger partial charge >= 0.3 is 0 Å². The predicted molar refractivity (Wildman–Crippen MR) is 96.2 cm³/mol. The Morgan fingerprint density at radius 2 is 2.12 bits per heavy atom. The molecule has 1 amide bonds. The molecule has 8 heteroatoms. The summed E-state index contributed by atoms with van der Waals surface area (Å²) in [6.45, 7) is 2.37. The standard InChI is InChI=1S/C17H25N7O/c1-18-16(25)11-13-6-9-23(10-7-13)17(19-2)20-12-15-22-21-14-5-3-4-8-24(14)15/h3-5,8,13H,6-7,9-12H2,1-2H3,(H,18,25)(H,19,20). The van der Waals surface area contributed by atoms with Crippen LogP contribution in [0.1, 0.15) is 25.1 Å². The van der Waals surface area contributed by atoms with Crippen LogP contribution < -0.4 is 10.6 Å². The maximum Gasteiger partial charge on any atom is 0.220 e. The van der Waals surface area contributed by atoms with Crippen LogP contribution in [0.5, 0.6) is 0 Å². The fraction of sp³-hybridized carbons (Fsp3) is 0.529. The molecule has 8 nitrogen and oxygen atoms in total. The first-order valence-corrected chi connectivity index (χ1v) is 8.66. The van der Waals surface area contributed by atoms with Crippen molar-refractivity contribution in [3.63, 3.8) is 0 Å². The summed E-state index contributed by atoms with van der Waals surface area (Å²) in [7, 11) is 3.48. The van der Waals surface area contributed by atoms with Crippen molar-refractivity contribution >= 4 is 17.5 Å². The lowest BCUT2D eigenvalue weighted by atomic mass is 9.93. The van der Waals surface area contributed by atoms with Gasteiger partial charge in [-0.3, -0.25) is 14.2 Å². The van der Waals surface area contributed by atoms with Gasteiger partial charge in [-0.25, -0.2) is 0 Å². The summed E-state index contributed by atoms with van der Waals surface area (Å²) >= 11 is 0. The van der Waals surface area contributed by atoms with E-state index in [1.807, 2.05) is 28.8 Å². The number of aliphatic imine (C=N–C) groups is 1. The highest BCUT2D eigenvalue weighted by atomic mass is 16.1. The highest BCUT2D eigenvalue weighted by Gasteiger charge is 2.23. The minimum absolute atomic E-state index is 0.125. The highest BCUT2D eigenvalue weighted by molar-refractivity contribution is 5.80. The molecule has 0 aromatic carbocycles. The van der Waals surface area contributed by atoms with E-state index in [1.54, 1.807) is 14.1 Å². The quantitative estimate of drug-likeness (QED) is 0.629. The molecule has 0 radical (unpaired) electrons. The smallest absolute Gasteiger partial charge is 0.220 e. The van der Waals surface area contributed by atoms with Crippen molar-refractivity contribution in [1.29, 1.82) is 0 Å².